The van der Waals surface area contributed by atoms with Gasteiger partial charge in [-0.2, -0.15) is 0 Å². The molecule has 0 amide bonds. The summed E-state index contributed by atoms with van der Waals surface area (Å²) >= 11 is 0. The van der Waals surface area contributed by atoms with Gasteiger partial charge in [-0.05, 0) is 49.7 Å². The van der Waals surface area contributed by atoms with Gasteiger partial charge in [-0.1, -0.05) is 12.1 Å². The number of halogens is 2. The van der Waals surface area contributed by atoms with Crippen molar-refractivity contribution in [1.29, 1.82) is 0 Å². The molecule has 1 aromatic carbocycles. The second-order valence-electron chi connectivity index (χ2n) is 8.10. The first-order valence-electron chi connectivity index (χ1n) is 10.7. The molecule has 0 saturated carbocycles. The van der Waals surface area contributed by atoms with Crippen LogP contribution in [0, 0.1) is 6.92 Å². The van der Waals surface area contributed by atoms with Crippen LogP contribution >= 0.6 is 24.8 Å². The number of aromatic nitrogens is 3. The number of rotatable bonds is 4. The molecular weight excluding hydrogens is 459 g/mol. The molecule has 1 aliphatic heterocycles. The maximum absolute atomic E-state index is 12.8. The normalized spacial score (nSPS) is 12.9. The highest BCUT2D eigenvalue weighted by Gasteiger charge is 2.17. The molecule has 0 saturated heterocycles. The van der Waals surface area contributed by atoms with E-state index in [1.54, 1.807) is 17.0 Å². The third-order valence-electron chi connectivity index (χ3n) is 6.06. The van der Waals surface area contributed by atoms with Crippen molar-refractivity contribution < 1.29 is 4.74 Å². The van der Waals surface area contributed by atoms with Crippen molar-refractivity contribution in [2.75, 3.05) is 13.1 Å². The van der Waals surface area contributed by atoms with E-state index >= 15 is 0 Å². The van der Waals surface area contributed by atoms with Crippen LogP contribution in [-0.2, 0) is 26.5 Å². The van der Waals surface area contributed by atoms with Gasteiger partial charge in [-0.3, -0.25) is 14.3 Å². The van der Waals surface area contributed by atoms with Crippen LogP contribution in [0.5, 0.6) is 5.75 Å². The molecule has 4 heterocycles. The Kier molecular flexibility index (Phi) is 7.84. The zero-order valence-electron chi connectivity index (χ0n) is 18.7. The molecule has 0 spiro atoms. The summed E-state index contributed by atoms with van der Waals surface area (Å²) in [7, 11) is 2.12. The first kappa shape index (κ1) is 24.8. The predicted octanol–water partition coefficient (Wildman–Crippen LogP) is 4.14. The van der Waals surface area contributed by atoms with Crippen molar-refractivity contribution in [3.63, 3.8) is 0 Å². The molecule has 0 fully saturated rings. The Balaban J connectivity index is 0.00000153. The van der Waals surface area contributed by atoms with Gasteiger partial charge in [-0.25, -0.2) is 0 Å². The van der Waals surface area contributed by atoms with Crippen LogP contribution in [0.4, 0.5) is 0 Å². The fraction of sp³-hybridized carbons (Fsp3) is 0.280. The van der Waals surface area contributed by atoms with Gasteiger partial charge in [0.15, 0.2) is 0 Å². The first-order valence-corrected chi connectivity index (χ1v) is 10.7. The molecule has 3 aromatic heterocycles. The molecule has 8 heteroatoms. The molecule has 33 heavy (non-hydrogen) atoms. The van der Waals surface area contributed by atoms with Crippen molar-refractivity contribution in [1.82, 2.24) is 19.4 Å². The van der Waals surface area contributed by atoms with Crippen LogP contribution in [0.25, 0.3) is 16.6 Å². The summed E-state index contributed by atoms with van der Waals surface area (Å²) in [5.74, 6) is 0.556. The van der Waals surface area contributed by atoms with E-state index in [4.69, 9.17) is 4.74 Å². The molecule has 0 atom stereocenters. The predicted molar refractivity (Wildman–Crippen MR) is 137 cm³/mol. The maximum atomic E-state index is 12.8. The zero-order valence-corrected chi connectivity index (χ0v) is 20.3. The Bertz CT molecular complexity index is 1310. The van der Waals surface area contributed by atoms with Gasteiger partial charge >= 0.3 is 0 Å². The quantitative estimate of drug-likeness (QED) is 0.470. The number of nitrogens with one attached hydrogen (secondary N) is 1. The average molecular weight is 487 g/mol. The molecule has 0 radical (unpaired) electrons. The van der Waals surface area contributed by atoms with Gasteiger partial charge in [0.05, 0.1) is 11.2 Å². The summed E-state index contributed by atoms with van der Waals surface area (Å²) in [5, 5.41) is 4.75. The summed E-state index contributed by atoms with van der Waals surface area (Å²) < 4.78 is 9.74. The van der Waals surface area contributed by atoms with E-state index in [0.717, 1.165) is 42.9 Å². The van der Waals surface area contributed by atoms with Gasteiger partial charge in [0.1, 0.15) is 12.4 Å². The standard InChI is InChI=1S/C25H26N4O2.2ClH/c1-17-3-4-18(15-27-17)16-31-20-9-12-29(25(30)14-20)19-5-6-21-22-7-10-26-11-8-23(22)28(2)24(21)13-19;;/h3-6,9,12-15,26H,7-8,10-11,16H2,1-2H3;2*1H. The lowest BCUT2D eigenvalue weighted by Gasteiger charge is -2.10. The highest BCUT2D eigenvalue weighted by atomic mass is 35.5. The van der Waals surface area contributed by atoms with Crippen molar-refractivity contribution >= 4 is 35.7 Å². The largest absolute Gasteiger partial charge is 0.489 e. The fourth-order valence-corrected chi connectivity index (χ4v) is 4.36. The minimum Gasteiger partial charge on any atom is -0.489 e. The Morgan fingerprint density at radius 1 is 1.06 bits per heavy atom. The van der Waals surface area contributed by atoms with Gasteiger partial charge in [0.25, 0.3) is 5.56 Å². The van der Waals surface area contributed by atoms with E-state index in [1.165, 1.54) is 28.2 Å². The molecule has 1 N–H and O–H groups in total. The SMILES string of the molecule is Cc1ccc(COc2ccn(-c3ccc4c5c(n(C)c4c3)CCNCC5)c(=O)c2)cn1.Cl.Cl. The summed E-state index contributed by atoms with van der Waals surface area (Å²) in [4.78, 5) is 17.1. The number of aryl methyl sites for hydroxylation is 2. The highest BCUT2D eigenvalue weighted by Crippen LogP contribution is 2.29. The van der Waals surface area contributed by atoms with Gasteiger partial charge < -0.3 is 14.6 Å². The Morgan fingerprint density at radius 3 is 2.64 bits per heavy atom. The van der Waals surface area contributed by atoms with Crippen molar-refractivity contribution in [2.24, 2.45) is 7.05 Å². The smallest absolute Gasteiger partial charge is 0.258 e. The van der Waals surface area contributed by atoms with Crippen molar-refractivity contribution in [3.05, 3.63) is 87.7 Å². The van der Waals surface area contributed by atoms with E-state index in [2.05, 4.69) is 34.0 Å². The highest BCUT2D eigenvalue weighted by molar-refractivity contribution is 5.87. The Hall–Kier alpha value is -2.80. The minimum atomic E-state index is -0.112. The van der Waals surface area contributed by atoms with Crippen LogP contribution in [0.3, 0.4) is 0 Å². The van der Waals surface area contributed by atoms with Crippen LogP contribution in [0.15, 0.2) is 59.7 Å². The number of hydrogen-bond acceptors (Lipinski definition) is 4. The lowest BCUT2D eigenvalue weighted by molar-refractivity contribution is 0.304. The van der Waals surface area contributed by atoms with Crippen LogP contribution in [0.1, 0.15) is 22.5 Å². The molecule has 0 unspecified atom stereocenters. The Labute approximate surface area is 205 Å². The number of pyridine rings is 2. The first-order chi connectivity index (χ1) is 15.1. The van der Waals surface area contributed by atoms with E-state index < -0.39 is 0 Å². The lowest BCUT2D eigenvalue weighted by Crippen LogP contribution is -2.17. The van der Waals surface area contributed by atoms with Gasteiger partial charge in [-0.15, -0.1) is 24.8 Å². The lowest BCUT2D eigenvalue weighted by atomic mass is 10.1. The van der Waals surface area contributed by atoms with Crippen LogP contribution < -0.4 is 15.6 Å². The molecular formula is C25H28Cl2N4O2. The number of benzene rings is 1. The zero-order chi connectivity index (χ0) is 21.4. The third-order valence-corrected chi connectivity index (χ3v) is 6.06. The second-order valence-corrected chi connectivity index (χ2v) is 8.10. The molecule has 0 bridgehead atoms. The topological polar surface area (TPSA) is 61.1 Å². The monoisotopic (exact) mass is 486 g/mol. The average Bonchev–Trinajstić information content (AvgIpc) is 2.93. The summed E-state index contributed by atoms with van der Waals surface area (Å²) in [6.45, 7) is 4.34. The Morgan fingerprint density at radius 2 is 1.88 bits per heavy atom. The third kappa shape index (κ3) is 4.93. The summed E-state index contributed by atoms with van der Waals surface area (Å²) in [6, 6.07) is 13.6. The van der Waals surface area contributed by atoms with Crippen LogP contribution in [0.2, 0.25) is 0 Å². The van der Waals surface area contributed by atoms with E-state index in [-0.39, 0.29) is 30.4 Å². The summed E-state index contributed by atoms with van der Waals surface area (Å²) in [6.07, 6.45) is 5.64. The molecule has 1 aliphatic rings. The maximum Gasteiger partial charge on any atom is 0.258 e. The van der Waals surface area contributed by atoms with E-state index in [1.807, 2.05) is 31.2 Å². The number of nitrogens with zero attached hydrogens (tertiary/aromatic N) is 3. The molecule has 0 aliphatic carbocycles. The van der Waals surface area contributed by atoms with Gasteiger partial charge in [0, 0.05) is 60.8 Å². The molecule has 6 nitrogen and oxygen atoms in total. The number of ether oxygens (including phenoxy) is 1. The second kappa shape index (κ2) is 10.4. The fourth-order valence-electron chi connectivity index (χ4n) is 4.36. The molecule has 5 rings (SSSR count). The van der Waals surface area contributed by atoms with Crippen molar-refractivity contribution in [3.8, 4) is 11.4 Å². The van der Waals surface area contributed by atoms with E-state index in [9.17, 15) is 4.79 Å². The van der Waals surface area contributed by atoms with Crippen molar-refractivity contribution in [2.45, 2.75) is 26.4 Å². The van der Waals surface area contributed by atoms with Gasteiger partial charge in [0.2, 0.25) is 0 Å². The number of hydrogen-bond donors (Lipinski definition) is 1. The minimum absolute atomic E-state index is 0. The summed E-state index contributed by atoms with van der Waals surface area (Å²) in [5.41, 5.74) is 6.67. The number of fused-ring (bicyclic) bond motifs is 3. The van der Waals surface area contributed by atoms with Crippen LogP contribution in [-0.4, -0.2) is 27.2 Å². The van der Waals surface area contributed by atoms with E-state index in [0.29, 0.717) is 12.4 Å². The molecule has 4 aromatic rings. The molecule has 174 valence electrons.